The van der Waals surface area contributed by atoms with Gasteiger partial charge in [-0.2, -0.15) is 13.2 Å². The zero-order valence-corrected chi connectivity index (χ0v) is 15.6. The number of carbonyl (C=O) groups excluding carboxylic acids is 1. The zero-order valence-electron chi connectivity index (χ0n) is 15.6. The summed E-state index contributed by atoms with van der Waals surface area (Å²) >= 11 is 0. The highest BCUT2D eigenvalue weighted by molar-refractivity contribution is 5.95. The minimum atomic E-state index is -4.67. The second kappa shape index (κ2) is 6.72. The predicted molar refractivity (Wildman–Crippen MR) is 95.9 cm³/mol. The van der Waals surface area contributed by atoms with Crippen molar-refractivity contribution in [3.63, 3.8) is 0 Å². The van der Waals surface area contributed by atoms with E-state index in [0.29, 0.717) is 25.0 Å². The van der Waals surface area contributed by atoms with E-state index < -0.39 is 23.3 Å². The van der Waals surface area contributed by atoms with Crippen LogP contribution < -0.4 is 4.90 Å². The second-order valence-electron chi connectivity index (χ2n) is 7.37. The van der Waals surface area contributed by atoms with Crippen LogP contribution in [0.25, 0.3) is 0 Å². The molecule has 0 aliphatic carbocycles. The van der Waals surface area contributed by atoms with Crippen LogP contribution in [0.5, 0.6) is 0 Å². The fourth-order valence-corrected chi connectivity index (χ4v) is 4.02. The molecule has 1 amide bonds. The van der Waals surface area contributed by atoms with Crippen molar-refractivity contribution >= 4 is 11.9 Å². The lowest BCUT2D eigenvalue weighted by Crippen LogP contribution is -2.65. The summed E-state index contributed by atoms with van der Waals surface area (Å²) in [6.45, 7) is 5.39. The number of hydrogen-bond acceptors (Lipinski definition) is 5. The molecule has 0 saturated carbocycles. The molecule has 1 unspecified atom stereocenters. The molecule has 2 aliphatic rings. The van der Waals surface area contributed by atoms with Crippen molar-refractivity contribution in [3.8, 4) is 0 Å². The summed E-state index contributed by atoms with van der Waals surface area (Å²) in [5.74, 6) is 0.377. The Hall–Kier alpha value is -2.71. The van der Waals surface area contributed by atoms with Gasteiger partial charge in [-0.15, -0.1) is 0 Å². The molecule has 9 heteroatoms. The highest BCUT2D eigenvalue weighted by Gasteiger charge is 2.46. The number of aromatic nitrogens is 3. The third-order valence-electron chi connectivity index (χ3n) is 5.37. The van der Waals surface area contributed by atoms with Gasteiger partial charge in [0.2, 0.25) is 5.95 Å². The molecule has 28 heavy (non-hydrogen) atoms. The number of nitrogens with zero attached hydrogens (tertiary/aromatic N) is 5. The number of fused-ring (bicyclic) bond motifs is 1. The standard InChI is InChI=1S/C19H20F3N5O/c1-11-8-12(2)25-18(24-11)27-9-13-5-7-26(10-15(13)27)17(28)14-4-3-6-23-16(14)19(20,21)22/h3-4,6,8,13,15H,5,7,9-10H2,1-2H3/t13?,15-/m0/s1. The number of halogens is 3. The summed E-state index contributed by atoms with van der Waals surface area (Å²) in [4.78, 5) is 28.7. The van der Waals surface area contributed by atoms with Gasteiger partial charge in [0.1, 0.15) is 0 Å². The van der Waals surface area contributed by atoms with E-state index in [1.165, 1.54) is 17.0 Å². The molecule has 0 N–H and O–H groups in total. The van der Waals surface area contributed by atoms with Crippen LogP contribution in [0.4, 0.5) is 19.1 Å². The number of likely N-dealkylation sites (tertiary alicyclic amines) is 1. The first-order chi connectivity index (χ1) is 13.2. The van der Waals surface area contributed by atoms with Gasteiger partial charge in [-0.1, -0.05) is 0 Å². The molecule has 2 fully saturated rings. The van der Waals surface area contributed by atoms with Gasteiger partial charge in [-0.25, -0.2) is 9.97 Å². The highest BCUT2D eigenvalue weighted by Crippen LogP contribution is 2.36. The Labute approximate surface area is 160 Å². The molecule has 6 nitrogen and oxygen atoms in total. The maximum Gasteiger partial charge on any atom is 0.434 e. The van der Waals surface area contributed by atoms with Crippen molar-refractivity contribution in [2.24, 2.45) is 5.92 Å². The first kappa shape index (κ1) is 18.6. The van der Waals surface area contributed by atoms with Crippen LogP contribution in [0, 0.1) is 19.8 Å². The van der Waals surface area contributed by atoms with Crippen LogP contribution in [-0.2, 0) is 6.18 Å². The van der Waals surface area contributed by atoms with Gasteiger partial charge in [0.05, 0.1) is 11.6 Å². The molecule has 0 radical (unpaired) electrons. The molecule has 2 atom stereocenters. The number of carbonyl (C=O) groups is 1. The quantitative estimate of drug-likeness (QED) is 0.788. The van der Waals surface area contributed by atoms with Gasteiger partial charge in [0, 0.05) is 43.1 Å². The Balaban J connectivity index is 1.55. The highest BCUT2D eigenvalue weighted by atomic mass is 19.4. The number of anilines is 1. The third kappa shape index (κ3) is 3.29. The third-order valence-corrected chi connectivity index (χ3v) is 5.37. The molecular formula is C19H20F3N5O. The van der Waals surface area contributed by atoms with E-state index >= 15 is 0 Å². The Morgan fingerprint density at radius 1 is 1.18 bits per heavy atom. The average molecular weight is 391 g/mol. The van der Waals surface area contributed by atoms with E-state index in [0.717, 1.165) is 30.6 Å². The van der Waals surface area contributed by atoms with Gasteiger partial charge < -0.3 is 9.80 Å². The number of piperidine rings is 1. The number of amides is 1. The molecular weight excluding hydrogens is 371 g/mol. The maximum absolute atomic E-state index is 13.2. The Kier molecular flexibility index (Phi) is 4.47. The lowest BCUT2D eigenvalue weighted by molar-refractivity contribution is -0.141. The van der Waals surface area contributed by atoms with E-state index in [2.05, 4.69) is 15.0 Å². The van der Waals surface area contributed by atoms with Gasteiger partial charge >= 0.3 is 6.18 Å². The number of hydrogen-bond donors (Lipinski definition) is 0. The summed E-state index contributed by atoms with van der Waals surface area (Å²) in [7, 11) is 0. The fourth-order valence-electron chi connectivity index (χ4n) is 4.02. The minimum Gasteiger partial charge on any atom is -0.336 e. The van der Waals surface area contributed by atoms with Crippen molar-refractivity contribution in [1.29, 1.82) is 0 Å². The van der Waals surface area contributed by atoms with Crippen molar-refractivity contribution in [3.05, 3.63) is 47.0 Å². The first-order valence-corrected chi connectivity index (χ1v) is 9.14. The summed E-state index contributed by atoms with van der Waals surface area (Å²) in [5, 5.41) is 0. The number of rotatable bonds is 2. The Morgan fingerprint density at radius 3 is 2.57 bits per heavy atom. The molecule has 148 valence electrons. The number of aryl methyl sites for hydroxylation is 2. The van der Waals surface area contributed by atoms with Gasteiger partial charge in [-0.3, -0.25) is 9.78 Å². The molecule has 4 heterocycles. The van der Waals surface area contributed by atoms with Crippen LogP contribution in [-0.4, -0.2) is 51.4 Å². The Morgan fingerprint density at radius 2 is 1.89 bits per heavy atom. The monoisotopic (exact) mass is 391 g/mol. The maximum atomic E-state index is 13.2. The van der Waals surface area contributed by atoms with E-state index in [-0.39, 0.29) is 6.04 Å². The largest absolute Gasteiger partial charge is 0.434 e. The van der Waals surface area contributed by atoms with Gasteiger partial charge in [-0.05, 0) is 38.5 Å². The van der Waals surface area contributed by atoms with Crippen molar-refractivity contribution < 1.29 is 18.0 Å². The van der Waals surface area contributed by atoms with Crippen LogP contribution >= 0.6 is 0 Å². The molecule has 0 spiro atoms. The van der Waals surface area contributed by atoms with E-state index in [4.69, 9.17) is 0 Å². The summed E-state index contributed by atoms with van der Waals surface area (Å²) in [6, 6.07) is 4.45. The van der Waals surface area contributed by atoms with Crippen molar-refractivity contribution in [2.75, 3.05) is 24.5 Å². The van der Waals surface area contributed by atoms with E-state index in [1.54, 1.807) is 0 Å². The summed E-state index contributed by atoms with van der Waals surface area (Å²) in [5.41, 5.74) is 0.187. The topological polar surface area (TPSA) is 62.2 Å². The first-order valence-electron chi connectivity index (χ1n) is 9.14. The lowest BCUT2D eigenvalue weighted by atomic mass is 9.82. The number of pyridine rings is 1. The predicted octanol–water partition coefficient (Wildman–Crippen LogP) is 2.86. The van der Waals surface area contributed by atoms with Gasteiger partial charge in [0.15, 0.2) is 5.69 Å². The fraction of sp³-hybridized carbons (Fsp3) is 0.474. The summed E-state index contributed by atoms with van der Waals surface area (Å²) in [6.07, 6.45) is -2.86. The molecule has 0 aromatic carbocycles. The molecule has 2 aromatic rings. The average Bonchev–Trinajstić information content (AvgIpc) is 2.60. The summed E-state index contributed by atoms with van der Waals surface area (Å²) < 4.78 is 39.7. The lowest BCUT2D eigenvalue weighted by Gasteiger charge is -2.53. The smallest absolute Gasteiger partial charge is 0.336 e. The van der Waals surface area contributed by atoms with E-state index in [9.17, 15) is 18.0 Å². The van der Waals surface area contributed by atoms with Crippen LogP contribution in [0.15, 0.2) is 24.4 Å². The van der Waals surface area contributed by atoms with E-state index in [1.807, 2.05) is 24.8 Å². The molecule has 2 saturated heterocycles. The van der Waals surface area contributed by atoms with Gasteiger partial charge in [0.25, 0.3) is 5.91 Å². The Bertz CT molecular complexity index is 896. The zero-order chi connectivity index (χ0) is 20.1. The normalized spacial score (nSPS) is 21.9. The molecule has 0 bridgehead atoms. The van der Waals surface area contributed by atoms with Crippen LogP contribution in [0.3, 0.4) is 0 Å². The van der Waals surface area contributed by atoms with Crippen molar-refractivity contribution in [1.82, 2.24) is 19.9 Å². The molecule has 2 aliphatic heterocycles. The SMILES string of the molecule is Cc1cc(C)nc(N2CC3CCN(C(=O)c4cccnc4C(F)(F)F)C[C@@H]32)n1. The second-order valence-corrected chi connectivity index (χ2v) is 7.37. The van der Waals surface area contributed by atoms with Crippen molar-refractivity contribution in [2.45, 2.75) is 32.5 Å². The number of alkyl halides is 3. The molecule has 2 aromatic heterocycles. The van der Waals surface area contributed by atoms with Crippen LogP contribution in [0.1, 0.15) is 33.9 Å². The molecule has 4 rings (SSSR count). The minimum absolute atomic E-state index is 0.0184. The van der Waals surface area contributed by atoms with Crippen LogP contribution in [0.2, 0.25) is 0 Å².